The van der Waals surface area contributed by atoms with Crippen molar-refractivity contribution >= 4 is 5.91 Å². The third-order valence-corrected chi connectivity index (χ3v) is 4.26. The maximum atomic E-state index is 14.1. The molecule has 0 radical (unpaired) electrons. The van der Waals surface area contributed by atoms with Gasteiger partial charge in [0.1, 0.15) is 11.5 Å². The van der Waals surface area contributed by atoms with Crippen molar-refractivity contribution in [2.24, 2.45) is 0 Å². The highest BCUT2D eigenvalue weighted by atomic mass is 19.1. The SMILES string of the molecule is Cc1cc(=O)c(C(=O)N2C[C@@H](C)OC[C@H]2C)nn1-c1ccccc1F. The molecular weight excluding hydrogens is 325 g/mol. The number of hydrogen-bond acceptors (Lipinski definition) is 4. The quantitative estimate of drug-likeness (QED) is 0.834. The first kappa shape index (κ1) is 17.3. The van der Waals surface area contributed by atoms with Crippen molar-refractivity contribution in [3.63, 3.8) is 0 Å². The fraction of sp³-hybridized carbons (Fsp3) is 0.389. The number of hydrogen-bond donors (Lipinski definition) is 0. The number of halogens is 1. The van der Waals surface area contributed by atoms with Gasteiger partial charge in [0.2, 0.25) is 5.43 Å². The molecule has 1 aromatic heterocycles. The van der Waals surface area contributed by atoms with E-state index in [2.05, 4.69) is 5.10 Å². The topological polar surface area (TPSA) is 64.4 Å². The molecule has 0 spiro atoms. The number of carbonyl (C=O) groups is 1. The number of aryl methyl sites for hydroxylation is 1. The summed E-state index contributed by atoms with van der Waals surface area (Å²) in [5.74, 6) is -0.939. The Balaban J connectivity index is 2.05. The van der Waals surface area contributed by atoms with Crippen LogP contribution in [-0.2, 0) is 4.74 Å². The van der Waals surface area contributed by atoms with E-state index in [0.29, 0.717) is 18.8 Å². The number of aromatic nitrogens is 2. The van der Waals surface area contributed by atoms with Crippen LogP contribution in [0.4, 0.5) is 4.39 Å². The van der Waals surface area contributed by atoms with Crippen LogP contribution < -0.4 is 5.43 Å². The van der Waals surface area contributed by atoms with Crippen molar-refractivity contribution in [2.75, 3.05) is 13.2 Å². The molecule has 1 fully saturated rings. The highest BCUT2D eigenvalue weighted by Gasteiger charge is 2.30. The fourth-order valence-electron chi connectivity index (χ4n) is 2.89. The first-order valence-electron chi connectivity index (χ1n) is 8.17. The van der Waals surface area contributed by atoms with Crippen LogP contribution in [0.15, 0.2) is 35.1 Å². The van der Waals surface area contributed by atoms with Crippen molar-refractivity contribution in [3.8, 4) is 5.69 Å². The Kier molecular flexibility index (Phi) is 4.67. The highest BCUT2D eigenvalue weighted by Crippen LogP contribution is 2.16. The lowest BCUT2D eigenvalue weighted by atomic mass is 10.2. The molecule has 0 aliphatic carbocycles. The molecule has 0 saturated carbocycles. The van der Waals surface area contributed by atoms with Gasteiger partial charge < -0.3 is 9.64 Å². The van der Waals surface area contributed by atoms with E-state index in [1.807, 2.05) is 13.8 Å². The molecule has 2 atom stereocenters. The number of amides is 1. The van der Waals surface area contributed by atoms with E-state index in [1.54, 1.807) is 30.0 Å². The van der Waals surface area contributed by atoms with Crippen molar-refractivity contribution in [3.05, 3.63) is 57.8 Å². The summed E-state index contributed by atoms with van der Waals surface area (Å²) < 4.78 is 20.9. The van der Waals surface area contributed by atoms with Gasteiger partial charge in [-0.05, 0) is 32.9 Å². The lowest BCUT2D eigenvalue weighted by Gasteiger charge is -2.36. The minimum atomic E-state index is -0.478. The van der Waals surface area contributed by atoms with Gasteiger partial charge in [-0.3, -0.25) is 9.59 Å². The van der Waals surface area contributed by atoms with Crippen LogP contribution in [-0.4, -0.2) is 45.9 Å². The molecule has 0 N–H and O–H groups in total. The standard InChI is InChI=1S/C18H20FN3O3/c1-11-8-16(23)17(18(24)21-9-13(3)25-10-12(21)2)20-22(11)15-7-5-4-6-14(15)19/h4-8,12-13H,9-10H2,1-3H3/t12-,13-/m1/s1. The Morgan fingerprint density at radius 2 is 2.04 bits per heavy atom. The Bertz CT molecular complexity index is 865. The predicted molar refractivity (Wildman–Crippen MR) is 90.4 cm³/mol. The van der Waals surface area contributed by atoms with Crippen LogP contribution in [0.2, 0.25) is 0 Å². The number of morpholine rings is 1. The number of nitrogens with zero attached hydrogens (tertiary/aromatic N) is 3. The van der Waals surface area contributed by atoms with E-state index in [1.165, 1.54) is 16.8 Å². The largest absolute Gasteiger partial charge is 0.375 e. The van der Waals surface area contributed by atoms with Gasteiger partial charge >= 0.3 is 0 Å². The normalized spacial score (nSPS) is 20.6. The van der Waals surface area contributed by atoms with Gasteiger partial charge in [-0.2, -0.15) is 5.10 Å². The first-order chi connectivity index (χ1) is 11.9. The van der Waals surface area contributed by atoms with E-state index < -0.39 is 17.2 Å². The van der Waals surface area contributed by atoms with E-state index in [9.17, 15) is 14.0 Å². The summed E-state index contributed by atoms with van der Waals surface area (Å²) in [5.41, 5.74) is -0.0382. The summed E-state index contributed by atoms with van der Waals surface area (Å²) in [6.45, 7) is 6.16. The van der Waals surface area contributed by atoms with Gasteiger partial charge in [-0.15, -0.1) is 0 Å². The van der Waals surface area contributed by atoms with Gasteiger partial charge in [0.05, 0.1) is 18.8 Å². The van der Waals surface area contributed by atoms with Crippen LogP contribution in [0.25, 0.3) is 5.69 Å². The molecule has 132 valence electrons. The van der Waals surface area contributed by atoms with Crippen LogP contribution in [0, 0.1) is 12.7 Å². The smallest absolute Gasteiger partial charge is 0.278 e. The lowest BCUT2D eigenvalue weighted by molar-refractivity contribution is -0.0390. The van der Waals surface area contributed by atoms with Crippen molar-refractivity contribution in [1.29, 1.82) is 0 Å². The van der Waals surface area contributed by atoms with Crippen LogP contribution >= 0.6 is 0 Å². The summed E-state index contributed by atoms with van der Waals surface area (Å²) in [6, 6.07) is 7.24. The third-order valence-electron chi connectivity index (χ3n) is 4.26. The highest BCUT2D eigenvalue weighted by molar-refractivity contribution is 5.92. The zero-order chi connectivity index (χ0) is 18.1. The molecular formula is C18H20FN3O3. The van der Waals surface area contributed by atoms with Gasteiger partial charge in [0.25, 0.3) is 5.91 Å². The molecule has 1 aliphatic heterocycles. The molecule has 3 rings (SSSR count). The maximum Gasteiger partial charge on any atom is 0.278 e. The Morgan fingerprint density at radius 3 is 2.76 bits per heavy atom. The van der Waals surface area contributed by atoms with Crippen molar-refractivity contribution in [2.45, 2.75) is 32.9 Å². The minimum Gasteiger partial charge on any atom is -0.375 e. The number of benzene rings is 1. The monoisotopic (exact) mass is 345 g/mol. The average molecular weight is 345 g/mol. The minimum absolute atomic E-state index is 0.112. The fourth-order valence-corrected chi connectivity index (χ4v) is 2.89. The van der Waals surface area contributed by atoms with Gasteiger partial charge in [0.15, 0.2) is 5.69 Å². The maximum absolute atomic E-state index is 14.1. The van der Waals surface area contributed by atoms with Crippen LogP contribution in [0.5, 0.6) is 0 Å². The van der Waals surface area contributed by atoms with Gasteiger partial charge in [-0.25, -0.2) is 9.07 Å². The number of ether oxygens (including phenoxy) is 1. The molecule has 1 aliphatic rings. The summed E-state index contributed by atoms with van der Waals surface area (Å²) in [5, 5.41) is 4.17. The number of rotatable bonds is 2. The summed E-state index contributed by atoms with van der Waals surface area (Å²) >= 11 is 0. The Hall–Kier alpha value is -2.54. The van der Waals surface area contributed by atoms with Crippen LogP contribution in [0.3, 0.4) is 0 Å². The van der Waals surface area contributed by atoms with Gasteiger partial charge in [-0.1, -0.05) is 12.1 Å². The van der Waals surface area contributed by atoms with Crippen molar-refractivity contribution in [1.82, 2.24) is 14.7 Å². The van der Waals surface area contributed by atoms with E-state index >= 15 is 0 Å². The van der Waals surface area contributed by atoms with Crippen LogP contribution in [0.1, 0.15) is 30.0 Å². The molecule has 6 nitrogen and oxygen atoms in total. The van der Waals surface area contributed by atoms with E-state index in [0.717, 1.165) is 0 Å². The van der Waals surface area contributed by atoms with E-state index in [4.69, 9.17) is 4.74 Å². The molecule has 2 heterocycles. The number of para-hydroxylation sites is 1. The molecule has 0 bridgehead atoms. The Labute approximate surface area is 144 Å². The molecule has 25 heavy (non-hydrogen) atoms. The van der Waals surface area contributed by atoms with E-state index in [-0.39, 0.29) is 23.5 Å². The molecule has 0 unspecified atom stereocenters. The average Bonchev–Trinajstić information content (AvgIpc) is 2.57. The second-order valence-electron chi connectivity index (χ2n) is 6.31. The molecule has 1 aromatic carbocycles. The summed E-state index contributed by atoms with van der Waals surface area (Å²) in [7, 11) is 0. The second kappa shape index (κ2) is 6.76. The lowest BCUT2D eigenvalue weighted by Crippen LogP contribution is -2.51. The first-order valence-corrected chi connectivity index (χ1v) is 8.17. The zero-order valence-electron chi connectivity index (χ0n) is 14.4. The Morgan fingerprint density at radius 1 is 1.32 bits per heavy atom. The van der Waals surface area contributed by atoms with Gasteiger partial charge in [0, 0.05) is 18.3 Å². The predicted octanol–water partition coefficient (Wildman–Crippen LogP) is 1.93. The third kappa shape index (κ3) is 3.32. The zero-order valence-corrected chi connectivity index (χ0v) is 14.4. The number of carbonyl (C=O) groups excluding carboxylic acids is 1. The molecule has 1 saturated heterocycles. The summed E-state index contributed by atoms with van der Waals surface area (Å²) in [6.07, 6.45) is -0.112. The molecule has 1 amide bonds. The summed E-state index contributed by atoms with van der Waals surface area (Å²) in [4.78, 5) is 26.8. The molecule has 2 aromatic rings. The molecule has 7 heteroatoms. The van der Waals surface area contributed by atoms with Crippen molar-refractivity contribution < 1.29 is 13.9 Å². The second-order valence-corrected chi connectivity index (χ2v) is 6.31.